The Labute approximate surface area is 137 Å². The van der Waals surface area contributed by atoms with Crippen molar-refractivity contribution < 1.29 is 0 Å². The first-order chi connectivity index (χ1) is 10.7. The minimum absolute atomic E-state index is 0.165. The Morgan fingerprint density at radius 3 is 1.82 bits per heavy atom. The highest BCUT2D eigenvalue weighted by molar-refractivity contribution is 6.37. The number of rotatable bonds is 3. The summed E-state index contributed by atoms with van der Waals surface area (Å²) in [6, 6.07) is 18.7. The summed E-state index contributed by atoms with van der Waals surface area (Å²) >= 11 is 12.3. The van der Waals surface area contributed by atoms with Crippen LogP contribution in [0, 0.1) is 0 Å². The van der Waals surface area contributed by atoms with Crippen molar-refractivity contribution in [2.75, 3.05) is 0 Å². The topological polar surface area (TPSA) is 50.5 Å². The predicted molar refractivity (Wildman–Crippen MR) is 88.1 cm³/mol. The Morgan fingerprint density at radius 2 is 1.23 bits per heavy atom. The van der Waals surface area contributed by atoms with Crippen molar-refractivity contribution in [2.24, 2.45) is 10.2 Å². The highest BCUT2D eigenvalue weighted by Crippen LogP contribution is 2.33. The van der Waals surface area contributed by atoms with Crippen LogP contribution in [0.15, 0.2) is 70.9 Å². The molecule has 0 atom stereocenters. The van der Waals surface area contributed by atoms with Gasteiger partial charge >= 0.3 is 0 Å². The molecular formula is C16H10Cl2N4. The van der Waals surface area contributed by atoms with Crippen LogP contribution in [0.25, 0.3) is 11.4 Å². The van der Waals surface area contributed by atoms with Crippen molar-refractivity contribution in [3.05, 3.63) is 71.0 Å². The highest BCUT2D eigenvalue weighted by atomic mass is 35.5. The molecule has 3 aromatic rings. The lowest BCUT2D eigenvalue weighted by atomic mass is 10.2. The summed E-state index contributed by atoms with van der Waals surface area (Å²) in [5.41, 5.74) is 1.78. The van der Waals surface area contributed by atoms with Gasteiger partial charge in [-0.05, 0) is 12.1 Å². The third kappa shape index (κ3) is 3.30. The van der Waals surface area contributed by atoms with Crippen LogP contribution in [0.3, 0.4) is 0 Å². The van der Waals surface area contributed by atoms with E-state index < -0.39 is 0 Å². The van der Waals surface area contributed by atoms with E-state index in [1.807, 2.05) is 60.7 Å². The zero-order valence-electron chi connectivity index (χ0n) is 11.3. The molecule has 0 aliphatic rings. The molecule has 1 heterocycles. The van der Waals surface area contributed by atoms with Crippen LogP contribution in [0.5, 0.6) is 0 Å². The van der Waals surface area contributed by atoms with Crippen molar-refractivity contribution in [1.29, 1.82) is 0 Å². The van der Waals surface area contributed by atoms with Crippen molar-refractivity contribution in [3.63, 3.8) is 0 Å². The highest BCUT2D eigenvalue weighted by Gasteiger charge is 2.12. The maximum absolute atomic E-state index is 6.16. The van der Waals surface area contributed by atoms with Gasteiger partial charge in [0.05, 0.1) is 5.69 Å². The fourth-order valence-electron chi connectivity index (χ4n) is 1.80. The molecule has 2 aromatic carbocycles. The van der Waals surface area contributed by atoms with Crippen LogP contribution < -0.4 is 0 Å². The van der Waals surface area contributed by atoms with Gasteiger partial charge in [-0.1, -0.05) is 71.7 Å². The van der Waals surface area contributed by atoms with Gasteiger partial charge in [0.25, 0.3) is 0 Å². The standard InChI is InChI=1S/C16H10Cl2N4/c17-14-13(22-21-12-9-5-2-6-10-12)15(18)20-16(19-14)11-7-3-1-4-8-11/h1-10H/b22-21+. The molecule has 108 valence electrons. The lowest BCUT2D eigenvalue weighted by molar-refractivity contribution is 1.13. The Hall–Kier alpha value is -2.30. The Kier molecular flexibility index (Phi) is 4.42. The summed E-state index contributed by atoms with van der Waals surface area (Å²) < 4.78 is 0. The summed E-state index contributed by atoms with van der Waals surface area (Å²) in [4.78, 5) is 8.47. The van der Waals surface area contributed by atoms with Crippen LogP contribution in [-0.2, 0) is 0 Å². The van der Waals surface area contributed by atoms with E-state index in [1.165, 1.54) is 0 Å². The van der Waals surface area contributed by atoms with E-state index in [0.29, 0.717) is 11.5 Å². The minimum atomic E-state index is 0.165. The van der Waals surface area contributed by atoms with Crippen molar-refractivity contribution in [3.8, 4) is 11.4 Å². The fraction of sp³-hybridized carbons (Fsp3) is 0. The molecule has 0 amide bonds. The molecule has 4 nitrogen and oxygen atoms in total. The number of halogens is 2. The smallest absolute Gasteiger partial charge is 0.162 e. The zero-order valence-corrected chi connectivity index (χ0v) is 12.8. The van der Waals surface area contributed by atoms with E-state index in [2.05, 4.69) is 20.2 Å². The number of hydrogen-bond donors (Lipinski definition) is 0. The third-order valence-electron chi connectivity index (χ3n) is 2.85. The number of benzene rings is 2. The van der Waals surface area contributed by atoms with Crippen molar-refractivity contribution in [2.45, 2.75) is 0 Å². The average molecular weight is 329 g/mol. The molecule has 0 radical (unpaired) electrons. The van der Waals surface area contributed by atoms with E-state index in [1.54, 1.807) is 0 Å². The summed E-state index contributed by atoms with van der Waals surface area (Å²) in [5.74, 6) is 0.453. The van der Waals surface area contributed by atoms with Gasteiger partial charge in [-0.15, -0.1) is 5.11 Å². The molecule has 3 rings (SSSR count). The largest absolute Gasteiger partial charge is 0.214 e. The number of aromatic nitrogens is 2. The van der Waals surface area contributed by atoms with Crippen LogP contribution in [-0.4, -0.2) is 9.97 Å². The van der Waals surface area contributed by atoms with Gasteiger partial charge in [0.2, 0.25) is 0 Å². The molecule has 0 aliphatic carbocycles. The number of hydrogen-bond acceptors (Lipinski definition) is 4. The zero-order chi connectivity index (χ0) is 15.4. The molecule has 1 aromatic heterocycles. The van der Waals surface area contributed by atoms with Crippen LogP contribution in [0.1, 0.15) is 0 Å². The maximum atomic E-state index is 6.16. The minimum Gasteiger partial charge on any atom is -0.214 e. The van der Waals surface area contributed by atoms with Gasteiger partial charge in [-0.25, -0.2) is 9.97 Å². The van der Waals surface area contributed by atoms with Gasteiger partial charge in [-0.2, -0.15) is 5.11 Å². The van der Waals surface area contributed by atoms with Crippen molar-refractivity contribution >= 4 is 34.6 Å². The van der Waals surface area contributed by atoms with Crippen LogP contribution in [0.4, 0.5) is 11.4 Å². The summed E-state index contributed by atoms with van der Waals surface area (Å²) in [5, 5.41) is 8.45. The van der Waals surface area contributed by atoms with E-state index >= 15 is 0 Å². The first-order valence-corrected chi connectivity index (χ1v) is 7.25. The fourth-order valence-corrected chi connectivity index (χ4v) is 2.27. The predicted octanol–water partition coefficient (Wildman–Crippen LogP) is 5.87. The Bertz CT molecular complexity index is 782. The molecule has 0 aliphatic heterocycles. The molecule has 0 fully saturated rings. The number of azo groups is 1. The molecule has 22 heavy (non-hydrogen) atoms. The SMILES string of the molecule is Clc1nc(-c2ccccc2)nc(Cl)c1/N=N/c1ccccc1. The molecule has 0 bridgehead atoms. The normalized spacial score (nSPS) is 11.0. The Morgan fingerprint density at radius 1 is 0.682 bits per heavy atom. The lowest BCUT2D eigenvalue weighted by Gasteiger charge is -2.04. The third-order valence-corrected chi connectivity index (χ3v) is 3.38. The second kappa shape index (κ2) is 6.64. The number of nitrogens with zero attached hydrogens (tertiary/aromatic N) is 4. The first-order valence-electron chi connectivity index (χ1n) is 6.49. The average Bonchev–Trinajstić information content (AvgIpc) is 2.56. The molecule has 0 N–H and O–H groups in total. The summed E-state index contributed by atoms with van der Waals surface area (Å²) in [6.45, 7) is 0. The second-order valence-corrected chi connectivity index (χ2v) is 5.10. The molecule has 0 unspecified atom stereocenters. The summed E-state index contributed by atoms with van der Waals surface area (Å²) in [7, 11) is 0. The van der Waals surface area contributed by atoms with Gasteiger partial charge < -0.3 is 0 Å². The summed E-state index contributed by atoms with van der Waals surface area (Å²) in [6.07, 6.45) is 0. The quantitative estimate of drug-likeness (QED) is 0.446. The van der Waals surface area contributed by atoms with Crippen molar-refractivity contribution in [1.82, 2.24) is 9.97 Å². The monoisotopic (exact) mass is 328 g/mol. The van der Waals surface area contributed by atoms with Gasteiger partial charge in [0.15, 0.2) is 21.8 Å². The lowest BCUT2D eigenvalue weighted by Crippen LogP contribution is -1.91. The van der Waals surface area contributed by atoms with Crippen LogP contribution >= 0.6 is 23.2 Å². The Balaban J connectivity index is 1.95. The van der Waals surface area contributed by atoms with Gasteiger partial charge in [-0.3, -0.25) is 0 Å². The molecule has 0 spiro atoms. The maximum Gasteiger partial charge on any atom is 0.162 e. The van der Waals surface area contributed by atoms with Crippen LogP contribution in [0.2, 0.25) is 10.3 Å². The first kappa shape index (κ1) is 14.6. The van der Waals surface area contributed by atoms with E-state index in [-0.39, 0.29) is 16.0 Å². The van der Waals surface area contributed by atoms with Gasteiger partial charge in [0.1, 0.15) is 0 Å². The molecular weight excluding hydrogens is 319 g/mol. The molecule has 0 saturated heterocycles. The second-order valence-electron chi connectivity index (χ2n) is 4.38. The van der Waals surface area contributed by atoms with E-state index in [4.69, 9.17) is 23.2 Å². The van der Waals surface area contributed by atoms with Gasteiger partial charge in [0, 0.05) is 5.56 Å². The molecule has 0 saturated carbocycles. The van der Waals surface area contributed by atoms with E-state index in [0.717, 1.165) is 5.56 Å². The van der Waals surface area contributed by atoms with E-state index in [9.17, 15) is 0 Å². The molecule has 6 heteroatoms.